The summed E-state index contributed by atoms with van der Waals surface area (Å²) < 4.78 is 2.32. The molecule has 0 aliphatic carbocycles. The fraction of sp³-hybridized carbons (Fsp3) is 0.263. The molecule has 0 bridgehead atoms. The van der Waals surface area contributed by atoms with Gasteiger partial charge in [-0.3, -0.25) is 18.7 Å². The van der Waals surface area contributed by atoms with Gasteiger partial charge in [0.15, 0.2) is 5.65 Å². The number of fused-ring (bicyclic) bond motifs is 1. The summed E-state index contributed by atoms with van der Waals surface area (Å²) in [5.74, 6) is 0.771. The number of aromatic nitrogens is 3. The van der Waals surface area contributed by atoms with Crippen molar-refractivity contribution >= 4 is 34.4 Å². The second kappa shape index (κ2) is 7.79. The molecule has 27 heavy (non-hydrogen) atoms. The molecule has 0 fully saturated rings. The summed E-state index contributed by atoms with van der Waals surface area (Å²) in [7, 11) is 2.96. The van der Waals surface area contributed by atoms with Crippen molar-refractivity contribution in [1.82, 2.24) is 14.1 Å². The van der Waals surface area contributed by atoms with Gasteiger partial charge in [0, 0.05) is 26.0 Å². The van der Waals surface area contributed by atoms with Crippen LogP contribution in [0.25, 0.3) is 11.0 Å². The number of aryl methyl sites for hydroxylation is 2. The summed E-state index contributed by atoms with van der Waals surface area (Å²) in [4.78, 5) is 41.3. The van der Waals surface area contributed by atoms with Crippen molar-refractivity contribution in [3.8, 4) is 0 Å². The molecule has 3 rings (SSSR count). The average molecular weight is 384 g/mol. The van der Waals surface area contributed by atoms with Crippen molar-refractivity contribution in [2.24, 2.45) is 14.1 Å². The molecule has 2 heterocycles. The molecule has 0 spiro atoms. The van der Waals surface area contributed by atoms with E-state index in [1.165, 1.54) is 23.4 Å². The summed E-state index contributed by atoms with van der Waals surface area (Å²) in [6, 6.07) is 9.89. The second-order valence-corrected chi connectivity index (χ2v) is 7.23. The Morgan fingerprint density at radius 3 is 2.56 bits per heavy atom. The maximum atomic E-state index is 12.6. The molecule has 0 unspecified atom stereocenters. The topological polar surface area (TPSA) is 86.0 Å². The molecule has 3 aromatic rings. The summed E-state index contributed by atoms with van der Waals surface area (Å²) in [6.45, 7) is 1.77. The lowest BCUT2D eigenvalue weighted by Crippen LogP contribution is -2.38. The van der Waals surface area contributed by atoms with E-state index in [2.05, 4.69) is 10.3 Å². The van der Waals surface area contributed by atoms with Crippen LogP contribution in [-0.2, 0) is 24.6 Å². The van der Waals surface area contributed by atoms with Crippen LogP contribution < -0.4 is 16.6 Å². The van der Waals surface area contributed by atoms with Gasteiger partial charge >= 0.3 is 5.69 Å². The quantitative estimate of drug-likeness (QED) is 0.725. The van der Waals surface area contributed by atoms with E-state index in [1.54, 1.807) is 20.2 Å². The van der Waals surface area contributed by atoms with Crippen LogP contribution in [0.4, 0.5) is 5.69 Å². The summed E-state index contributed by atoms with van der Waals surface area (Å²) in [5, 5.41) is 3.06. The first kappa shape index (κ1) is 18.9. The molecule has 1 aromatic carbocycles. The average Bonchev–Trinajstić information content (AvgIpc) is 2.67. The lowest BCUT2D eigenvalue weighted by molar-refractivity contribution is -0.113. The van der Waals surface area contributed by atoms with Crippen molar-refractivity contribution in [3.05, 3.63) is 68.5 Å². The number of carbonyl (C=O) groups excluding carboxylic acids is 1. The summed E-state index contributed by atoms with van der Waals surface area (Å²) in [5.41, 5.74) is 1.53. The maximum absolute atomic E-state index is 12.6. The molecule has 2 aromatic heterocycles. The smallest absolute Gasteiger partial charge is 0.324 e. The molecular weight excluding hydrogens is 364 g/mol. The highest BCUT2D eigenvalue weighted by molar-refractivity contribution is 7.99. The van der Waals surface area contributed by atoms with E-state index in [4.69, 9.17) is 0 Å². The van der Waals surface area contributed by atoms with Crippen LogP contribution in [-0.4, -0.2) is 25.8 Å². The highest BCUT2D eigenvalue weighted by Crippen LogP contribution is 2.22. The molecule has 0 radical (unpaired) electrons. The van der Waals surface area contributed by atoms with Gasteiger partial charge in [0.2, 0.25) is 5.91 Å². The molecule has 0 saturated heterocycles. The van der Waals surface area contributed by atoms with E-state index >= 15 is 0 Å². The Morgan fingerprint density at radius 2 is 1.85 bits per heavy atom. The van der Waals surface area contributed by atoms with E-state index in [0.29, 0.717) is 11.3 Å². The highest BCUT2D eigenvalue weighted by Gasteiger charge is 2.17. The third-order valence-electron chi connectivity index (χ3n) is 4.27. The summed E-state index contributed by atoms with van der Waals surface area (Å²) >= 11 is 1.49. The fourth-order valence-electron chi connectivity index (χ4n) is 2.80. The van der Waals surface area contributed by atoms with Crippen molar-refractivity contribution < 1.29 is 4.79 Å². The largest absolute Gasteiger partial charge is 0.332 e. The molecule has 0 aliphatic rings. The maximum Gasteiger partial charge on any atom is 0.332 e. The first-order valence-corrected chi connectivity index (χ1v) is 9.52. The van der Waals surface area contributed by atoms with Gasteiger partial charge in [0.05, 0.1) is 11.4 Å². The van der Waals surface area contributed by atoms with Gasteiger partial charge < -0.3 is 5.32 Å². The molecule has 0 atom stereocenters. The molecule has 8 heteroatoms. The SMILES string of the molecule is Cc1cnc2c(c1NC(=O)CSCc1ccccc1)c(=O)n(C)c(=O)n2C. The second-order valence-electron chi connectivity index (χ2n) is 6.25. The zero-order valence-electron chi connectivity index (χ0n) is 15.4. The molecule has 1 amide bonds. The van der Waals surface area contributed by atoms with Crippen LogP contribution in [0.1, 0.15) is 11.1 Å². The molecule has 1 N–H and O–H groups in total. The molecular formula is C19H20N4O3S. The van der Waals surface area contributed by atoms with Crippen molar-refractivity contribution in [3.63, 3.8) is 0 Å². The van der Waals surface area contributed by atoms with E-state index in [9.17, 15) is 14.4 Å². The number of hydrogen-bond donors (Lipinski definition) is 1. The van der Waals surface area contributed by atoms with Gasteiger partial charge in [-0.05, 0) is 18.1 Å². The molecule has 140 valence electrons. The number of benzene rings is 1. The van der Waals surface area contributed by atoms with Gasteiger partial charge in [0.25, 0.3) is 5.56 Å². The molecule has 0 aliphatic heterocycles. The Labute approximate surface area is 160 Å². The third-order valence-corrected chi connectivity index (χ3v) is 5.27. The minimum Gasteiger partial charge on any atom is -0.324 e. The Morgan fingerprint density at radius 1 is 1.15 bits per heavy atom. The van der Waals surface area contributed by atoms with E-state index in [-0.39, 0.29) is 22.7 Å². The lowest BCUT2D eigenvalue weighted by atomic mass is 10.2. The zero-order valence-corrected chi connectivity index (χ0v) is 16.2. The van der Waals surface area contributed by atoms with Gasteiger partial charge in [0.1, 0.15) is 5.39 Å². The fourth-order valence-corrected chi connectivity index (χ4v) is 3.58. The number of hydrogen-bond acceptors (Lipinski definition) is 5. The Bertz CT molecular complexity index is 1120. The van der Waals surface area contributed by atoms with Crippen LogP contribution in [0, 0.1) is 6.92 Å². The monoisotopic (exact) mass is 384 g/mol. The Hall–Kier alpha value is -2.87. The van der Waals surface area contributed by atoms with Gasteiger partial charge in [-0.15, -0.1) is 11.8 Å². The molecule has 7 nitrogen and oxygen atoms in total. The lowest BCUT2D eigenvalue weighted by Gasteiger charge is -2.13. The number of nitrogens with one attached hydrogen (secondary N) is 1. The Kier molecular flexibility index (Phi) is 5.46. The van der Waals surface area contributed by atoms with Gasteiger partial charge in [-0.1, -0.05) is 30.3 Å². The predicted molar refractivity (Wildman–Crippen MR) is 108 cm³/mol. The number of thioether (sulfide) groups is 1. The number of rotatable bonds is 5. The van der Waals surface area contributed by atoms with Crippen LogP contribution >= 0.6 is 11.8 Å². The van der Waals surface area contributed by atoms with E-state index in [0.717, 1.165) is 15.9 Å². The van der Waals surface area contributed by atoms with Gasteiger partial charge in [-0.25, -0.2) is 9.78 Å². The van der Waals surface area contributed by atoms with E-state index < -0.39 is 11.2 Å². The van der Waals surface area contributed by atoms with Crippen molar-refractivity contribution in [2.75, 3.05) is 11.1 Å². The standard InChI is InChI=1S/C19H20N4O3S/c1-12-9-20-17-15(18(25)23(3)19(26)22(17)2)16(12)21-14(24)11-27-10-13-7-5-4-6-8-13/h4-9H,10-11H2,1-3H3,(H,20,21,24). The number of pyridine rings is 1. The number of nitrogens with zero attached hydrogens (tertiary/aromatic N) is 3. The van der Waals surface area contributed by atoms with Crippen LogP contribution in [0.3, 0.4) is 0 Å². The zero-order chi connectivity index (χ0) is 19.6. The molecule has 0 saturated carbocycles. The minimum atomic E-state index is -0.475. The first-order chi connectivity index (χ1) is 12.9. The highest BCUT2D eigenvalue weighted by atomic mass is 32.2. The van der Waals surface area contributed by atoms with Crippen LogP contribution in [0.5, 0.6) is 0 Å². The predicted octanol–water partition coefficient (Wildman–Crippen LogP) is 1.81. The van der Waals surface area contributed by atoms with Crippen molar-refractivity contribution in [2.45, 2.75) is 12.7 Å². The van der Waals surface area contributed by atoms with Crippen molar-refractivity contribution in [1.29, 1.82) is 0 Å². The number of anilines is 1. The number of amides is 1. The van der Waals surface area contributed by atoms with Crippen LogP contribution in [0.2, 0.25) is 0 Å². The Balaban J connectivity index is 1.86. The summed E-state index contributed by atoms with van der Waals surface area (Å²) in [6.07, 6.45) is 1.55. The first-order valence-electron chi connectivity index (χ1n) is 8.37. The van der Waals surface area contributed by atoms with E-state index in [1.807, 2.05) is 30.3 Å². The normalized spacial score (nSPS) is 10.9. The third kappa shape index (κ3) is 3.80. The number of carbonyl (C=O) groups is 1. The van der Waals surface area contributed by atoms with Crippen LogP contribution in [0.15, 0.2) is 46.1 Å². The minimum absolute atomic E-state index is 0.206. The van der Waals surface area contributed by atoms with Gasteiger partial charge in [-0.2, -0.15) is 0 Å².